The number of pyridine rings is 1. The number of rotatable bonds is 3. The summed E-state index contributed by atoms with van der Waals surface area (Å²) in [7, 11) is 0. The van der Waals surface area contributed by atoms with E-state index in [1.807, 2.05) is 23.6 Å². The zero-order valence-electron chi connectivity index (χ0n) is 14.7. The van der Waals surface area contributed by atoms with E-state index in [9.17, 15) is 0 Å². The van der Waals surface area contributed by atoms with Gasteiger partial charge in [0, 0.05) is 27.6 Å². The molecule has 0 aliphatic heterocycles. The van der Waals surface area contributed by atoms with Crippen molar-refractivity contribution in [3.05, 3.63) is 103 Å². The van der Waals surface area contributed by atoms with Gasteiger partial charge in [-0.15, -0.1) is 11.3 Å². The Bertz CT molecular complexity index is 1190. The molecular formula is C25H17NS. The van der Waals surface area contributed by atoms with E-state index < -0.39 is 0 Å². The van der Waals surface area contributed by atoms with Crippen molar-refractivity contribution >= 4 is 21.4 Å². The minimum atomic E-state index is 1.01. The van der Waals surface area contributed by atoms with Gasteiger partial charge in [0.25, 0.3) is 0 Å². The molecule has 0 aliphatic rings. The SMILES string of the molecule is c1ccc(-c2cc3c(-c4ccccc4)c(-c4ccccc4)sc3cn2)cc1. The topological polar surface area (TPSA) is 12.9 Å². The summed E-state index contributed by atoms with van der Waals surface area (Å²) in [4.78, 5) is 6.02. The van der Waals surface area contributed by atoms with Crippen LogP contribution in [0.3, 0.4) is 0 Å². The summed E-state index contributed by atoms with van der Waals surface area (Å²) in [5.41, 5.74) is 5.94. The molecule has 0 N–H and O–H groups in total. The molecule has 2 heterocycles. The molecule has 0 atom stereocenters. The Balaban J connectivity index is 1.80. The van der Waals surface area contributed by atoms with E-state index in [1.54, 1.807) is 0 Å². The molecule has 27 heavy (non-hydrogen) atoms. The van der Waals surface area contributed by atoms with Crippen LogP contribution in [0.2, 0.25) is 0 Å². The second-order valence-corrected chi connectivity index (χ2v) is 7.52. The minimum Gasteiger partial charge on any atom is -0.255 e. The third kappa shape index (κ3) is 2.94. The van der Waals surface area contributed by atoms with Gasteiger partial charge in [0.2, 0.25) is 0 Å². The average molecular weight is 363 g/mol. The number of thiophene rings is 1. The van der Waals surface area contributed by atoms with Gasteiger partial charge in [-0.3, -0.25) is 4.98 Å². The van der Waals surface area contributed by atoms with Gasteiger partial charge < -0.3 is 0 Å². The summed E-state index contributed by atoms with van der Waals surface area (Å²) in [6, 6.07) is 33.9. The lowest BCUT2D eigenvalue weighted by molar-refractivity contribution is 1.36. The lowest BCUT2D eigenvalue weighted by atomic mass is 9.98. The zero-order valence-corrected chi connectivity index (χ0v) is 15.5. The quantitative estimate of drug-likeness (QED) is 0.328. The predicted molar refractivity (Wildman–Crippen MR) is 116 cm³/mol. The van der Waals surface area contributed by atoms with Gasteiger partial charge in [0.15, 0.2) is 0 Å². The van der Waals surface area contributed by atoms with Gasteiger partial charge in [0.1, 0.15) is 0 Å². The van der Waals surface area contributed by atoms with Crippen LogP contribution in [0.15, 0.2) is 103 Å². The molecule has 0 bridgehead atoms. The molecule has 0 amide bonds. The molecule has 2 aromatic heterocycles. The highest BCUT2D eigenvalue weighted by atomic mass is 32.1. The number of hydrogen-bond acceptors (Lipinski definition) is 2. The van der Waals surface area contributed by atoms with Crippen LogP contribution in [0.4, 0.5) is 0 Å². The molecule has 128 valence electrons. The minimum absolute atomic E-state index is 1.01. The molecule has 2 heteroatoms. The van der Waals surface area contributed by atoms with Crippen LogP contribution in [0, 0.1) is 0 Å². The van der Waals surface area contributed by atoms with E-state index >= 15 is 0 Å². The van der Waals surface area contributed by atoms with Crippen LogP contribution in [-0.4, -0.2) is 4.98 Å². The van der Waals surface area contributed by atoms with E-state index in [2.05, 4.69) is 91.0 Å². The van der Waals surface area contributed by atoms with Crippen LogP contribution in [0.5, 0.6) is 0 Å². The molecule has 5 rings (SSSR count). The highest BCUT2D eigenvalue weighted by molar-refractivity contribution is 7.23. The fourth-order valence-electron chi connectivity index (χ4n) is 3.45. The molecule has 0 spiro atoms. The second-order valence-electron chi connectivity index (χ2n) is 6.47. The standard InChI is InChI=1S/C25H17NS/c1-4-10-18(11-5-1)22-16-21-23(17-26-22)27-25(20-14-8-3-9-15-20)24(21)19-12-6-2-7-13-19/h1-17H. The summed E-state index contributed by atoms with van der Waals surface area (Å²) >= 11 is 1.81. The molecule has 0 radical (unpaired) electrons. The molecular weight excluding hydrogens is 346 g/mol. The van der Waals surface area contributed by atoms with Crippen molar-refractivity contribution in [2.75, 3.05) is 0 Å². The fourth-order valence-corrected chi connectivity index (χ4v) is 4.63. The summed E-state index contributed by atoms with van der Waals surface area (Å²) in [5.74, 6) is 0. The lowest BCUT2D eigenvalue weighted by Gasteiger charge is -2.06. The highest BCUT2D eigenvalue weighted by Gasteiger charge is 2.16. The van der Waals surface area contributed by atoms with E-state index in [-0.39, 0.29) is 0 Å². The summed E-state index contributed by atoms with van der Waals surface area (Å²) in [6.45, 7) is 0. The zero-order chi connectivity index (χ0) is 18.1. The van der Waals surface area contributed by atoms with Crippen molar-refractivity contribution in [3.63, 3.8) is 0 Å². The van der Waals surface area contributed by atoms with Crippen molar-refractivity contribution in [2.45, 2.75) is 0 Å². The first-order chi connectivity index (χ1) is 13.4. The normalized spacial score (nSPS) is 11.0. The monoisotopic (exact) mass is 363 g/mol. The third-order valence-corrected chi connectivity index (χ3v) is 5.93. The summed E-state index contributed by atoms with van der Waals surface area (Å²) < 4.78 is 1.22. The van der Waals surface area contributed by atoms with E-state index in [0.29, 0.717) is 0 Å². The third-order valence-electron chi connectivity index (χ3n) is 4.74. The number of fused-ring (bicyclic) bond motifs is 1. The first-order valence-electron chi connectivity index (χ1n) is 8.99. The van der Waals surface area contributed by atoms with Crippen LogP contribution >= 0.6 is 11.3 Å². The molecule has 0 aliphatic carbocycles. The van der Waals surface area contributed by atoms with Gasteiger partial charge in [-0.05, 0) is 17.2 Å². The van der Waals surface area contributed by atoms with Crippen molar-refractivity contribution in [1.82, 2.24) is 4.98 Å². The highest BCUT2D eigenvalue weighted by Crippen LogP contribution is 2.45. The molecule has 0 unspecified atom stereocenters. The molecule has 0 fully saturated rings. The number of benzene rings is 3. The Morgan fingerprint density at radius 3 is 1.78 bits per heavy atom. The first kappa shape index (κ1) is 16.0. The van der Waals surface area contributed by atoms with Crippen molar-refractivity contribution < 1.29 is 0 Å². The van der Waals surface area contributed by atoms with Crippen LogP contribution in [0.25, 0.3) is 42.9 Å². The van der Waals surface area contributed by atoms with E-state index in [1.165, 1.54) is 31.7 Å². The smallest absolute Gasteiger partial charge is 0.0709 e. The average Bonchev–Trinajstić information content (AvgIpc) is 3.14. The van der Waals surface area contributed by atoms with Gasteiger partial charge in [-0.2, -0.15) is 0 Å². The molecule has 0 saturated heterocycles. The van der Waals surface area contributed by atoms with Gasteiger partial charge in [-0.1, -0.05) is 91.0 Å². The fraction of sp³-hybridized carbons (Fsp3) is 0. The Labute approximate surface area is 162 Å². The predicted octanol–water partition coefficient (Wildman–Crippen LogP) is 7.30. The molecule has 0 saturated carbocycles. The van der Waals surface area contributed by atoms with Crippen LogP contribution in [0.1, 0.15) is 0 Å². The Morgan fingerprint density at radius 1 is 0.593 bits per heavy atom. The van der Waals surface area contributed by atoms with Crippen LogP contribution < -0.4 is 0 Å². The summed E-state index contributed by atoms with van der Waals surface area (Å²) in [5, 5.41) is 1.26. The van der Waals surface area contributed by atoms with Crippen molar-refractivity contribution in [1.29, 1.82) is 0 Å². The summed E-state index contributed by atoms with van der Waals surface area (Å²) in [6.07, 6.45) is 2.02. The second kappa shape index (κ2) is 6.82. The maximum absolute atomic E-state index is 4.73. The van der Waals surface area contributed by atoms with Crippen LogP contribution in [-0.2, 0) is 0 Å². The van der Waals surface area contributed by atoms with Gasteiger partial charge in [-0.25, -0.2) is 0 Å². The van der Waals surface area contributed by atoms with Crippen molar-refractivity contribution in [2.24, 2.45) is 0 Å². The van der Waals surface area contributed by atoms with Gasteiger partial charge in [0.05, 0.1) is 10.4 Å². The number of hydrogen-bond donors (Lipinski definition) is 0. The van der Waals surface area contributed by atoms with Crippen molar-refractivity contribution in [3.8, 4) is 32.8 Å². The first-order valence-corrected chi connectivity index (χ1v) is 9.80. The molecule has 1 nitrogen and oxygen atoms in total. The largest absolute Gasteiger partial charge is 0.255 e. The molecule has 5 aromatic rings. The Morgan fingerprint density at radius 2 is 1.15 bits per heavy atom. The van der Waals surface area contributed by atoms with E-state index in [0.717, 1.165) is 11.3 Å². The van der Waals surface area contributed by atoms with E-state index in [4.69, 9.17) is 4.98 Å². The maximum atomic E-state index is 4.73. The maximum Gasteiger partial charge on any atom is 0.0709 e. The number of nitrogens with zero attached hydrogens (tertiary/aromatic N) is 1. The Hall–Kier alpha value is -3.23. The lowest BCUT2D eigenvalue weighted by Crippen LogP contribution is -1.84. The number of aromatic nitrogens is 1. The van der Waals surface area contributed by atoms with Gasteiger partial charge >= 0.3 is 0 Å². The Kier molecular flexibility index (Phi) is 4.04. The molecule has 3 aromatic carbocycles.